The number of rotatable bonds is 5. The first-order valence-electron chi connectivity index (χ1n) is 13.3. The fourth-order valence-electron chi connectivity index (χ4n) is 5.54. The van der Waals surface area contributed by atoms with Gasteiger partial charge >= 0.3 is 5.69 Å². The maximum absolute atomic E-state index is 14.3. The number of nitrogens with zero attached hydrogens (tertiary/aromatic N) is 5. The molecule has 2 aromatic heterocycles. The van der Waals surface area contributed by atoms with Crippen LogP contribution >= 0.6 is 11.3 Å². The van der Waals surface area contributed by atoms with Crippen molar-refractivity contribution in [1.82, 2.24) is 24.3 Å². The summed E-state index contributed by atoms with van der Waals surface area (Å²) in [7, 11) is 2.05. The number of imidazole rings is 1. The average Bonchev–Trinajstić information content (AvgIpc) is 3.47. The van der Waals surface area contributed by atoms with E-state index in [0.29, 0.717) is 41.5 Å². The number of anilines is 2. The fraction of sp³-hybridized carbons (Fsp3) is 0.357. The number of likely N-dealkylation sites (N-methyl/N-ethyl adjacent to an activating group) is 1. The standard InChI is InChI=1S/C28H30FN7O3S/c1-17-14-34(11-12-35(17)25(37)16-36-23-6-4-3-5-20(23)31-28(36)39)22-8-7-18(29)13-19(22)26(38)32-27-30-21-9-10-33(2)15-24(21)40-27/h3-8,13,17H,9-12,14-16H2,1-2H3,(H,31,39)(H,30,32,38). The molecule has 1 saturated heterocycles. The molecule has 4 heterocycles. The zero-order chi connectivity index (χ0) is 28.0. The molecule has 2 aliphatic heterocycles. The molecule has 4 aromatic rings. The van der Waals surface area contributed by atoms with Crippen molar-refractivity contribution in [3.8, 4) is 0 Å². The second-order valence-electron chi connectivity index (χ2n) is 10.4. The predicted molar refractivity (Wildman–Crippen MR) is 152 cm³/mol. The monoisotopic (exact) mass is 563 g/mol. The van der Waals surface area contributed by atoms with Crippen LogP contribution in [0.1, 0.15) is 27.9 Å². The van der Waals surface area contributed by atoms with Gasteiger partial charge in [0.1, 0.15) is 12.4 Å². The van der Waals surface area contributed by atoms with Crippen LogP contribution in [0.15, 0.2) is 47.3 Å². The Morgan fingerprint density at radius 1 is 1.18 bits per heavy atom. The molecule has 1 fully saturated rings. The maximum Gasteiger partial charge on any atom is 0.326 e. The number of para-hydroxylation sites is 2. The van der Waals surface area contributed by atoms with Crippen LogP contribution in [0.4, 0.5) is 15.2 Å². The number of carbonyl (C=O) groups excluding carboxylic acids is 2. The number of hydrogen-bond acceptors (Lipinski definition) is 7. The van der Waals surface area contributed by atoms with Gasteiger partial charge in [-0.2, -0.15) is 0 Å². The Bertz CT molecular complexity index is 1660. The summed E-state index contributed by atoms with van der Waals surface area (Å²) in [6, 6.07) is 11.3. The van der Waals surface area contributed by atoms with E-state index < -0.39 is 11.7 Å². The number of thiazole rings is 1. The van der Waals surface area contributed by atoms with Gasteiger partial charge in [0.15, 0.2) is 5.13 Å². The molecule has 0 bridgehead atoms. The second kappa shape index (κ2) is 10.5. The van der Waals surface area contributed by atoms with Gasteiger partial charge in [0.25, 0.3) is 5.91 Å². The van der Waals surface area contributed by atoms with E-state index in [4.69, 9.17) is 0 Å². The van der Waals surface area contributed by atoms with Gasteiger partial charge in [0, 0.05) is 55.8 Å². The van der Waals surface area contributed by atoms with E-state index in [1.54, 1.807) is 17.0 Å². The summed E-state index contributed by atoms with van der Waals surface area (Å²) in [6.45, 7) is 4.91. The first-order valence-corrected chi connectivity index (χ1v) is 14.1. The molecule has 12 heteroatoms. The number of aromatic amines is 1. The molecule has 2 amide bonds. The summed E-state index contributed by atoms with van der Waals surface area (Å²) in [5.74, 6) is -1.08. The molecule has 0 saturated carbocycles. The summed E-state index contributed by atoms with van der Waals surface area (Å²) in [5, 5.41) is 3.39. The van der Waals surface area contributed by atoms with Crippen molar-refractivity contribution in [2.45, 2.75) is 32.5 Å². The summed E-state index contributed by atoms with van der Waals surface area (Å²) in [6.07, 6.45) is 0.833. The van der Waals surface area contributed by atoms with Crippen molar-refractivity contribution in [1.29, 1.82) is 0 Å². The quantitative estimate of drug-likeness (QED) is 0.387. The van der Waals surface area contributed by atoms with Crippen LogP contribution in [0, 0.1) is 5.82 Å². The smallest absolute Gasteiger partial charge is 0.326 e. The molecule has 40 heavy (non-hydrogen) atoms. The van der Waals surface area contributed by atoms with Crippen molar-refractivity contribution < 1.29 is 14.0 Å². The Morgan fingerprint density at radius 2 is 2.00 bits per heavy atom. The topological polar surface area (TPSA) is 107 Å². The zero-order valence-electron chi connectivity index (χ0n) is 22.3. The van der Waals surface area contributed by atoms with Crippen molar-refractivity contribution >= 4 is 45.0 Å². The lowest BCUT2D eigenvalue weighted by Gasteiger charge is -2.41. The highest BCUT2D eigenvalue weighted by molar-refractivity contribution is 7.15. The molecule has 208 valence electrons. The normalized spacial score (nSPS) is 17.7. The molecular weight excluding hydrogens is 533 g/mol. The number of amides is 2. The number of fused-ring (bicyclic) bond motifs is 2. The van der Waals surface area contributed by atoms with Gasteiger partial charge in [-0.25, -0.2) is 14.2 Å². The van der Waals surface area contributed by atoms with Crippen molar-refractivity contribution in [3.05, 3.63) is 74.9 Å². The molecule has 2 N–H and O–H groups in total. The Balaban J connectivity index is 1.17. The van der Waals surface area contributed by atoms with Gasteiger partial charge in [-0.3, -0.25) is 19.5 Å². The Kier molecular flexibility index (Phi) is 6.88. The van der Waals surface area contributed by atoms with E-state index in [2.05, 4.69) is 27.2 Å². The van der Waals surface area contributed by atoms with E-state index in [1.165, 1.54) is 28.0 Å². The Morgan fingerprint density at radius 3 is 2.83 bits per heavy atom. The van der Waals surface area contributed by atoms with Gasteiger partial charge in [0.2, 0.25) is 5.91 Å². The molecule has 0 aliphatic carbocycles. The minimum atomic E-state index is -0.500. The molecule has 0 radical (unpaired) electrons. The summed E-state index contributed by atoms with van der Waals surface area (Å²) in [4.78, 5) is 53.5. The first kappa shape index (κ1) is 26.2. The van der Waals surface area contributed by atoms with Crippen LogP contribution in [0.2, 0.25) is 0 Å². The lowest BCUT2D eigenvalue weighted by molar-refractivity contribution is -0.134. The molecule has 2 aromatic carbocycles. The van der Waals surface area contributed by atoms with Crippen molar-refractivity contribution in [2.75, 3.05) is 43.4 Å². The average molecular weight is 564 g/mol. The number of nitrogens with one attached hydrogen (secondary N) is 2. The Labute approximate surface area is 234 Å². The summed E-state index contributed by atoms with van der Waals surface area (Å²) >= 11 is 1.45. The largest absolute Gasteiger partial charge is 0.367 e. The third-order valence-corrected chi connectivity index (χ3v) is 8.61. The minimum Gasteiger partial charge on any atom is -0.367 e. The van der Waals surface area contributed by atoms with Gasteiger partial charge in [-0.05, 0) is 44.3 Å². The highest BCUT2D eigenvalue weighted by atomic mass is 32.1. The maximum atomic E-state index is 14.3. The number of piperazine rings is 1. The number of benzene rings is 2. The number of hydrogen-bond donors (Lipinski definition) is 2. The van der Waals surface area contributed by atoms with E-state index >= 15 is 0 Å². The van der Waals surface area contributed by atoms with E-state index in [1.807, 2.05) is 30.0 Å². The lowest BCUT2D eigenvalue weighted by Crippen LogP contribution is -2.55. The number of carbonyl (C=O) groups is 2. The third-order valence-electron chi connectivity index (χ3n) is 7.61. The highest BCUT2D eigenvalue weighted by Crippen LogP contribution is 2.30. The van der Waals surface area contributed by atoms with Gasteiger partial charge in [-0.1, -0.05) is 12.1 Å². The number of H-pyrrole nitrogens is 1. The van der Waals surface area contributed by atoms with Crippen LogP contribution in [-0.4, -0.2) is 75.4 Å². The van der Waals surface area contributed by atoms with Crippen LogP contribution in [-0.2, 0) is 24.3 Å². The van der Waals surface area contributed by atoms with Crippen LogP contribution in [0.5, 0.6) is 0 Å². The van der Waals surface area contributed by atoms with E-state index in [0.717, 1.165) is 30.1 Å². The van der Waals surface area contributed by atoms with Crippen molar-refractivity contribution in [2.24, 2.45) is 0 Å². The first-order chi connectivity index (χ1) is 19.3. The molecule has 1 unspecified atom stereocenters. The fourth-order valence-corrected chi connectivity index (χ4v) is 6.63. The number of aromatic nitrogens is 3. The Hall–Kier alpha value is -4.03. The highest BCUT2D eigenvalue weighted by Gasteiger charge is 2.30. The predicted octanol–water partition coefficient (Wildman–Crippen LogP) is 2.90. The van der Waals surface area contributed by atoms with Crippen LogP contribution in [0.3, 0.4) is 0 Å². The van der Waals surface area contributed by atoms with Crippen LogP contribution in [0.25, 0.3) is 11.0 Å². The molecule has 2 aliphatic rings. The molecule has 10 nitrogen and oxygen atoms in total. The van der Waals surface area contributed by atoms with E-state index in [-0.39, 0.29) is 29.7 Å². The lowest BCUT2D eigenvalue weighted by atomic mass is 10.1. The molecule has 1 atom stereocenters. The van der Waals surface area contributed by atoms with Crippen molar-refractivity contribution in [3.63, 3.8) is 0 Å². The number of halogens is 1. The summed E-state index contributed by atoms with van der Waals surface area (Å²) < 4.78 is 15.8. The molecular formula is C28H30FN7O3S. The summed E-state index contributed by atoms with van der Waals surface area (Å²) in [5.41, 5.74) is 2.88. The van der Waals surface area contributed by atoms with E-state index in [9.17, 15) is 18.8 Å². The van der Waals surface area contributed by atoms with Crippen LogP contribution < -0.4 is 15.9 Å². The molecule has 6 rings (SSSR count). The third kappa shape index (κ3) is 5.00. The minimum absolute atomic E-state index is 0.0645. The van der Waals surface area contributed by atoms with Gasteiger partial charge in [-0.15, -0.1) is 11.3 Å². The van der Waals surface area contributed by atoms with Gasteiger partial charge < -0.3 is 19.7 Å². The molecule has 0 spiro atoms. The van der Waals surface area contributed by atoms with Gasteiger partial charge in [0.05, 0.1) is 22.3 Å². The second-order valence-corrected chi connectivity index (χ2v) is 11.5. The SMILES string of the molecule is CC1CN(c2ccc(F)cc2C(=O)Nc2nc3c(s2)CN(C)CC3)CCN1C(=O)Cn1c(=O)[nH]c2ccccc21. The zero-order valence-corrected chi connectivity index (χ0v) is 23.1.